The Bertz CT molecular complexity index is 1190. The summed E-state index contributed by atoms with van der Waals surface area (Å²) in [4.78, 5) is 38.0. The van der Waals surface area contributed by atoms with Gasteiger partial charge >= 0.3 is 18.3 Å². The van der Waals surface area contributed by atoms with E-state index in [-0.39, 0.29) is 12.7 Å². The van der Waals surface area contributed by atoms with E-state index in [4.69, 9.17) is 30.3 Å². The maximum absolute atomic E-state index is 12.4. The summed E-state index contributed by atoms with van der Waals surface area (Å²) < 4.78 is 24.0. The van der Waals surface area contributed by atoms with Gasteiger partial charge in [-0.05, 0) is 44.7 Å². The molecule has 1 fully saturated rings. The van der Waals surface area contributed by atoms with Crippen molar-refractivity contribution in [1.29, 1.82) is 0 Å². The Morgan fingerprint density at radius 3 is 2.56 bits per heavy atom. The number of hydrogen-bond acceptors (Lipinski definition) is 10. The van der Waals surface area contributed by atoms with Gasteiger partial charge < -0.3 is 28.7 Å². The maximum Gasteiger partial charge on any atom is 0.330 e. The second-order valence-electron chi connectivity index (χ2n) is 8.45. The third-order valence-corrected chi connectivity index (χ3v) is 7.79. The van der Waals surface area contributed by atoms with Gasteiger partial charge in [0.05, 0.1) is 25.4 Å². The lowest BCUT2D eigenvalue weighted by Gasteiger charge is -2.28. The molecule has 4 N–H and O–H groups in total. The Morgan fingerprint density at radius 2 is 1.94 bits per heavy atom. The lowest BCUT2D eigenvalue weighted by Crippen LogP contribution is -2.37. The largest absolute Gasteiger partial charge is 0.462 e. The van der Waals surface area contributed by atoms with E-state index in [9.17, 15) is 24.6 Å². The number of H-pyrrole nitrogens is 1. The number of carbonyl (C=O) groups excluding carboxylic acids is 1. The summed E-state index contributed by atoms with van der Waals surface area (Å²) in [7, 11) is 0. The summed E-state index contributed by atoms with van der Waals surface area (Å²) >= 11 is 5.66. The Labute approximate surface area is 212 Å². The molecule has 36 heavy (non-hydrogen) atoms. The fraction of sp³-hybridized carbons (Fsp3) is 0.500. The lowest BCUT2D eigenvalue weighted by atomic mass is 9.99. The molecule has 0 spiro atoms. The number of aliphatic hydroxyl groups is 2. The molecule has 0 bridgehead atoms. The summed E-state index contributed by atoms with van der Waals surface area (Å²) in [6.07, 6.45) is -2.49. The molecular formula is C22H30N3O9PS. The van der Waals surface area contributed by atoms with Crippen molar-refractivity contribution in [3.8, 4) is 5.75 Å². The molecule has 1 aliphatic rings. The first-order chi connectivity index (χ1) is 17.0. The predicted octanol–water partition coefficient (Wildman–Crippen LogP) is 0.653. The molecular weight excluding hydrogens is 513 g/mol. The highest BCUT2D eigenvalue weighted by molar-refractivity contribution is 8.09. The summed E-state index contributed by atoms with van der Waals surface area (Å²) in [6, 6.07) is 8.89. The molecule has 1 aromatic heterocycles. The van der Waals surface area contributed by atoms with Gasteiger partial charge in [0.25, 0.3) is 5.56 Å². The van der Waals surface area contributed by atoms with E-state index in [1.807, 2.05) is 0 Å². The second-order valence-corrected chi connectivity index (χ2v) is 11.6. The van der Waals surface area contributed by atoms with Crippen LogP contribution in [0.2, 0.25) is 0 Å². The second kappa shape index (κ2) is 12.2. The van der Waals surface area contributed by atoms with E-state index in [2.05, 4.69) is 10.1 Å². The SMILES string of the molecule is CC(C)OC(=O)[C@@H](C)NP(=S)(OC[C@H]1OC(n2ccc(=O)[nH]c2=O)[C@H](O)[C@@H]1CO)Oc1ccccc1. The Hall–Kier alpha value is -2.38. The minimum Gasteiger partial charge on any atom is -0.462 e. The fourth-order valence-corrected chi connectivity index (χ4v) is 5.96. The van der Waals surface area contributed by atoms with Gasteiger partial charge in [-0.2, -0.15) is 0 Å². The number of carbonyl (C=O) groups is 1. The van der Waals surface area contributed by atoms with Gasteiger partial charge in [0.15, 0.2) is 6.23 Å². The number of hydrogen-bond donors (Lipinski definition) is 4. The normalized spacial score (nSPS) is 24.3. The molecule has 1 aliphatic heterocycles. The van der Waals surface area contributed by atoms with Gasteiger partial charge in [0.1, 0.15) is 17.9 Å². The van der Waals surface area contributed by atoms with Gasteiger partial charge in [-0.1, -0.05) is 18.2 Å². The van der Waals surface area contributed by atoms with Gasteiger partial charge in [0, 0.05) is 18.2 Å². The number of nitrogens with zero attached hydrogens (tertiary/aromatic N) is 1. The summed E-state index contributed by atoms with van der Waals surface area (Å²) in [6.45, 7) is 0.907. The highest BCUT2D eigenvalue weighted by Gasteiger charge is 2.45. The smallest absolute Gasteiger partial charge is 0.330 e. The first-order valence-electron chi connectivity index (χ1n) is 11.3. The van der Waals surface area contributed by atoms with Crippen molar-refractivity contribution in [2.24, 2.45) is 5.92 Å². The Morgan fingerprint density at radius 1 is 1.25 bits per heavy atom. The Balaban J connectivity index is 1.79. The third-order valence-electron chi connectivity index (χ3n) is 5.29. The molecule has 0 saturated carbocycles. The van der Waals surface area contributed by atoms with Crippen LogP contribution in [0.1, 0.15) is 27.0 Å². The zero-order chi connectivity index (χ0) is 26.5. The van der Waals surface area contributed by atoms with Gasteiger partial charge in [-0.3, -0.25) is 19.1 Å². The van der Waals surface area contributed by atoms with Crippen LogP contribution in [0.25, 0.3) is 0 Å². The molecule has 14 heteroatoms. The van der Waals surface area contributed by atoms with Crippen molar-refractivity contribution >= 4 is 24.4 Å². The minimum atomic E-state index is -3.39. The summed E-state index contributed by atoms with van der Waals surface area (Å²) in [5, 5.41) is 23.5. The number of nitrogens with one attached hydrogen (secondary N) is 2. The number of ether oxygens (including phenoxy) is 2. The van der Waals surface area contributed by atoms with Gasteiger partial charge in [-0.25, -0.2) is 9.88 Å². The highest BCUT2D eigenvalue weighted by atomic mass is 32.5. The molecule has 12 nitrogen and oxygen atoms in total. The first kappa shape index (κ1) is 28.2. The molecule has 0 amide bonds. The predicted molar refractivity (Wildman–Crippen MR) is 133 cm³/mol. The molecule has 2 unspecified atom stereocenters. The van der Waals surface area contributed by atoms with Crippen molar-refractivity contribution in [2.45, 2.75) is 51.4 Å². The zero-order valence-electron chi connectivity index (χ0n) is 20.0. The van der Waals surface area contributed by atoms with Crippen molar-refractivity contribution in [2.75, 3.05) is 13.2 Å². The van der Waals surface area contributed by atoms with Gasteiger partial charge in [-0.15, -0.1) is 0 Å². The standard InChI is InChI=1S/C22H30N3O9PS/c1-13(2)32-21(29)14(3)24-35(36,34-15-7-5-4-6-8-15)31-12-17-16(11-26)19(28)20(33-17)25-10-9-18(27)23-22(25)30/h4-10,13-14,16-17,19-20,26,28H,11-12H2,1-3H3,(H,24,36)(H,23,27,30)/t14-,16-,17-,19-,20?,35?/m1/s1. The molecule has 2 aromatic rings. The van der Waals surface area contributed by atoms with Crippen molar-refractivity contribution in [3.05, 3.63) is 63.4 Å². The molecule has 1 aromatic carbocycles. The van der Waals surface area contributed by atoms with Crippen LogP contribution in [0.3, 0.4) is 0 Å². The zero-order valence-corrected chi connectivity index (χ0v) is 21.7. The van der Waals surface area contributed by atoms with Crippen molar-refractivity contribution < 1.29 is 33.5 Å². The maximum atomic E-state index is 12.4. The van der Waals surface area contributed by atoms with Crippen LogP contribution in [0.4, 0.5) is 0 Å². The third kappa shape index (κ3) is 7.10. The first-order valence-corrected chi connectivity index (χ1v) is 13.9. The van der Waals surface area contributed by atoms with E-state index >= 15 is 0 Å². The fourth-order valence-electron chi connectivity index (χ4n) is 3.54. The molecule has 1 saturated heterocycles. The summed E-state index contributed by atoms with van der Waals surface area (Å²) in [5.41, 5.74) is -1.38. The van der Waals surface area contributed by atoms with Crippen LogP contribution < -0.4 is 20.9 Å². The molecule has 198 valence electrons. The van der Waals surface area contributed by atoms with E-state index < -0.39 is 60.9 Å². The average molecular weight is 544 g/mol. The molecule has 2 heterocycles. The number of benzene rings is 1. The molecule has 0 radical (unpaired) electrons. The number of aliphatic hydroxyl groups excluding tert-OH is 2. The number of aromatic nitrogens is 2. The number of rotatable bonds is 11. The van der Waals surface area contributed by atoms with Crippen LogP contribution in [0.15, 0.2) is 52.2 Å². The summed E-state index contributed by atoms with van der Waals surface area (Å²) in [5.74, 6) is -0.975. The minimum absolute atomic E-state index is 0.236. The number of esters is 1. The van der Waals surface area contributed by atoms with Gasteiger partial charge in [0.2, 0.25) is 0 Å². The van der Waals surface area contributed by atoms with Crippen LogP contribution in [-0.2, 0) is 30.6 Å². The molecule has 6 atom stereocenters. The average Bonchev–Trinajstić information content (AvgIpc) is 3.13. The monoisotopic (exact) mass is 543 g/mol. The Kier molecular flexibility index (Phi) is 9.59. The number of aromatic amines is 1. The van der Waals surface area contributed by atoms with Crippen LogP contribution in [-0.4, -0.2) is 63.3 Å². The lowest BCUT2D eigenvalue weighted by molar-refractivity contribution is -0.149. The molecule has 0 aliphatic carbocycles. The van der Waals surface area contributed by atoms with E-state index in [1.165, 1.54) is 6.20 Å². The quantitative estimate of drug-likeness (QED) is 0.233. The number of para-hydroxylation sites is 1. The van der Waals surface area contributed by atoms with Crippen LogP contribution in [0.5, 0.6) is 5.75 Å². The van der Waals surface area contributed by atoms with Crippen molar-refractivity contribution in [1.82, 2.24) is 14.6 Å². The molecule has 3 rings (SSSR count). The van der Waals surface area contributed by atoms with E-state index in [0.717, 1.165) is 10.6 Å². The van der Waals surface area contributed by atoms with Crippen molar-refractivity contribution in [3.63, 3.8) is 0 Å². The topological polar surface area (TPSA) is 161 Å². The van der Waals surface area contributed by atoms with E-state index in [1.54, 1.807) is 51.1 Å². The van der Waals surface area contributed by atoms with Crippen LogP contribution in [0, 0.1) is 5.92 Å². The van der Waals surface area contributed by atoms with E-state index in [0.29, 0.717) is 5.75 Å². The van der Waals surface area contributed by atoms with Crippen LogP contribution >= 0.6 is 6.64 Å². The highest BCUT2D eigenvalue weighted by Crippen LogP contribution is 2.46.